The van der Waals surface area contributed by atoms with Crippen LogP contribution in [-0.4, -0.2) is 73.0 Å². The van der Waals surface area contributed by atoms with Crippen molar-refractivity contribution in [2.75, 3.05) is 52.4 Å². The molecule has 0 spiro atoms. The molecule has 1 aromatic rings. The predicted molar refractivity (Wildman–Crippen MR) is 150 cm³/mol. The van der Waals surface area contributed by atoms with E-state index in [-0.39, 0.29) is 11.4 Å². The third-order valence-electron chi connectivity index (χ3n) is 8.42. The van der Waals surface area contributed by atoms with Crippen LogP contribution in [0.5, 0.6) is 5.75 Å². The van der Waals surface area contributed by atoms with Crippen molar-refractivity contribution in [3.63, 3.8) is 0 Å². The van der Waals surface area contributed by atoms with Gasteiger partial charge in [-0.05, 0) is 71.3 Å². The summed E-state index contributed by atoms with van der Waals surface area (Å²) in [6.45, 7) is 32.7. The first-order valence-corrected chi connectivity index (χ1v) is 13.9. The van der Waals surface area contributed by atoms with E-state index in [2.05, 4.69) is 89.1 Å². The summed E-state index contributed by atoms with van der Waals surface area (Å²) in [7, 11) is 0. The molecule has 0 amide bonds. The van der Waals surface area contributed by atoms with Crippen LogP contribution in [0.4, 0.5) is 0 Å². The number of ether oxygens (including phenoxy) is 1. The Morgan fingerprint density at radius 2 is 1.23 bits per heavy atom. The first-order valence-electron chi connectivity index (χ1n) is 13.9. The van der Waals surface area contributed by atoms with Gasteiger partial charge in [0.15, 0.2) is 0 Å². The molecule has 1 aromatic carbocycles. The van der Waals surface area contributed by atoms with Crippen LogP contribution < -0.4 is 4.74 Å². The van der Waals surface area contributed by atoms with Gasteiger partial charge >= 0.3 is 5.97 Å². The van der Waals surface area contributed by atoms with Crippen molar-refractivity contribution in [3.05, 3.63) is 28.8 Å². The number of carbonyl (C=O) groups is 1. The van der Waals surface area contributed by atoms with Gasteiger partial charge < -0.3 is 14.5 Å². The molecule has 0 saturated carbocycles. The van der Waals surface area contributed by atoms with Crippen molar-refractivity contribution < 1.29 is 9.53 Å². The number of likely N-dealkylation sites (N-methyl/N-ethyl adjacent to an activating group) is 2. The van der Waals surface area contributed by atoms with Crippen LogP contribution in [0.25, 0.3) is 0 Å². The Bertz CT molecular complexity index is 764. The van der Waals surface area contributed by atoms with Gasteiger partial charge in [0.05, 0.1) is 5.41 Å². The van der Waals surface area contributed by atoms with Gasteiger partial charge in [-0.1, -0.05) is 66.2 Å². The van der Waals surface area contributed by atoms with E-state index in [1.807, 2.05) is 13.8 Å². The molecular weight excluding hydrogens is 434 g/mol. The first-order chi connectivity index (χ1) is 16.4. The van der Waals surface area contributed by atoms with Crippen LogP contribution >= 0.6 is 0 Å². The number of nitrogens with zero attached hydrogens (tertiary/aromatic N) is 3. The van der Waals surface area contributed by atoms with Gasteiger partial charge in [-0.2, -0.15) is 0 Å². The molecule has 5 heteroatoms. The number of hydrogen-bond donors (Lipinski definition) is 0. The van der Waals surface area contributed by atoms with Crippen molar-refractivity contribution >= 4 is 5.97 Å². The number of benzene rings is 1. The van der Waals surface area contributed by atoms with Crippen LogP contribution in [0.15, 0.2) is 12.1 Å². The lowest BCUT2D eigenvalue weighted by atomic mass is 9.66. The fourth-order valence-electron chi connectivity index (χ4n) is 4.40. The molecule has 5 nitrogen and oxygen atoms in total. The molecule has 0 aromatic heterocycles. The van der Waals surface area contributed by atoms with Gasteiger partial charge in [-0.15, -0.1) is 0 Å². The predicted octanol–water partition coefficient (Wildman–Crippen LogP) is 6.16. The maximum Gasteiger partial charge on any atom is 0.317 e. The summed E-state index contributed by atoms with van der Waals surface area (Å²) in [5, 5.41) is 0. The first kappa shape index (κ1) is 31.6. The molecule has 0 N–H and O–H groups in total. The summed E-state index contributed by atoms with van der Waals surface area (Å²) in [6.07, 6.45) is 0.916. The van der Waals surface area contributed by atoms with Crippen LogP contribution in [0.2, 0.25) is 0 Å². The van der Waals surface area contributed by atoms with E-state index in [0.29, 0.717) is 0 Å². The lowest BCUT2D eigenvalue weighted by Crippen LogP contribution is -2.42. The maximum absolute atomic E-state index is 13.5. The maximum atomic E-state index is 13.5. The van der Waals surface area contributed by atoms with Gasteiger partial charge in [0.1, 0.15) is 5.75 Å². The zero-order valence-corrected chi connectivity index (χ0v) is 24.9. The number of aryl methyl sites for hydroxylation is 2. The molecule has 0 aliphatic rings. The summed E-state index contributed by atoms with van der Waals surface area (Å²) in [5.74, 6) is 0.603. The molecule has 0 fully saturated rings. The monoisotopic (exact) mass is 489 g/mol. The highest BCUT2D eigenvalue weighted by atomic mass is 16.5. The highest BCUT2D eigenvalue weighted by Gasteiger charge is 2.43. The van der Waals surface area contributed by atoms with Crippen molar-refractivity contribution in [1.29, 1.82) is 0 Å². The third-order valence-corrected chi connectivity index (χ3v) is 8.42. The van der Waals surface area contributed by atoms with Crippen molar-refractivity contribution in [2.45, 2.75) is 89.1 Å². The molecule has 0 aliphatic carbocycles. The van der Waals surface area contributed by atoms with Crippen molar-refractivity contribution in [2.24, 2.45) is 10.8 Å². The van der Waals surface area contributed by atoms with Crippen LogP contribution in [0.1, 0.15) is 85.4 Å². The Kier molecular flexibility index (Phi) is 13.0. The standard InChI is InChI=1S/C30H55N3O2/c1-12-29(8,9)30(10,11)28(34)35-27-25(7)21-24(6)22-26(27)23-33(19-17-31(13-2)14-3)20-18-32(15-4)16-5/h21-22H,12-20,23H2,1-11H3. The summed E-state index contributed by atoms with van der Waals surface area (Å²) >= 11 is 0. The minimum absolute atomic E-state index is 0.143. The zero-order chi connectivity index (χ0) is 26.8. The summed E-state index contributed by atoms with van der Waals surface area (Å²) < 4.78 is 6.23. The fourth-order valence-corrected chi connectivity index (χ4v) is 4.40. The zero-order valence-electron chi connectivity index (χ0n) is 24.9. The topological polar surface area (TPSA) is 36.0 Å². The van der Waals surface area contributed by atoms with Crippen LogP contribution in [0, 0.1) is 24.7 Å². The average molecular weight is 490 g/mol. The third kappa shape index (κ3) is 8.87. The van der Waals surface area contributed by atoms with E-state index in [1.165, 1.54) is 5.56 Å². The minimum Gasteiger partial charge on any atom is -0.425 e. The van der Waals surface area contributed by atoms with E-state index in [1.54, 1.807) is 0 Å². The quantitative estimate of drug-likeness (QED) is 0.205. The lowest BCUT2D eigenvalue weighted by Gasteiger charge is -2.39. The van der Waals surface area contributed by atoms with Gasteiger partial charge in [0.25, 0.3) is 0 Å². The van der Waals surface area contributed by atoms with Crippen LogP contribution in [-0.2, 0) is 11.3 Å². The van der Waals surface area contributed by atoms with Gasteiger partial charge in [0, 0.05) is 38.3 Å². The Labute approximate surface area is 217 Å². The Morgan fingerprint density at radius 3 is 1.66 bits per heavy atom. The van der Waals surface area contributed by atoms with E-state index >= 15 is 0 Å². The van der Waals surface area contributed by atoms with E-state index in [0.717, 1.165) is 82.2 Å². The SMILES string of the molecule is CCN(CC)CCN(CCN(CC)CC)Cc1cc(C)cc(C)c1OC(=O)C(C)(C)C(C)(C)CC. The van der Waals surface area contributed by atoms with Gasteiger partial charge in [0.2, 0.25) is 0 Å². The normalized spacial score (nSPS) is 12.7. The molecule has 0 radical (unpaired) electrons. The smallest absolute Gasteiger partial charge is 0.317 e. The Balaban J connectivity index is 3.25. The molecule has 0 saturated heterocycles. The highest BCUT2D eigenvalue weighted by Crippen LogP contribution is 2.43. The van der Waals surface area contributed by atoms with Crippen molar-refractivity contribution in [3.8, 4) is 5.75 Å². The van der Waals surface area contributed by atoms with Crippen molar-refractivity contribution in [1.82, 2.24) is 14.7 Å². The number of hydrogen-bond acceptors (Lipinski definition) is 5. The van der Waals surface area contributed by atoms with Gasteiger partial charge in [-0.3, -0.25) is 9.69 Å². The highest BCUT2D eigenvalue weighted by molar-refractivity contribution is 5.80. The number of rotatable bonds is 16. The second kappa shape index (κ2) is 14.3. The Morgan fingerprint density at radius 1 is 0.771 bits per heavy atom. The lowest BCUT2D eigenvalue weighted by molar-refractivity contribution is -0.151. The van der Waals surface area contributed by atoms with E-state index in [9.17, 15) is 4.79 Å². The van der Waals surface area contributed by atoms with E-state index in [4.69, 9.17) is 4.74 Å². The molecule has 35 heavy (non-hydrogen) atoms. The summed E-state index contributed by atoms with van der Waals surface area (Å²) in [4.78, 5) is 20.9. The number of carbonyl (C=O) groups excluding carboxylic acids is 1. The fraction of sp³-hybridized carbons (Fsp3) is 0.767. The van der Waals surface area contributed by atoms with Crippen LogP contribution in [0.3, 0.4) is 0 Å². The van der Waals surface area contributed by atoms with Gasteiger partial charge in [-0.25, -0.2) is 0 Å². The molecule has 0 bridgehead atoms. The molecule has 0 atom stereocenters. The van der Waals surface area contributed by atoms with E-state index < -0.39 is 5.41 Å². The second-order valence-corrected chi connectivity index (χ2v) is 11.2. The summed E-state index contributed by atoms with van der Waals surface area (Å²) in [6, 6.07) is 4.33. The second-order valence-electron chi connectivity index (χ2n) is 11.2. The molecular formula is C30H55N3O2. The molecule has 0 aliphatic heterocycles. The molecule has 202 valence electrons. The average Bonchev–Trinajstić information content (AvgIpc) is 2.81. The Hall–Kier alpha value is -1.43. The molecule has 1 rings (SSSR count). The summed E-state index contributed by atoms with van der Waals surface area (Å²) in [5.41, 5.74) is 2.62. The number of esters is 1. The minimum atomic E-state index is -0.582. The largest absolute Gasteiger partial charge is 0.425 e. The molecule has 0 unspecified atom stereocenters. The molecule has 0 heterocycles.